The summed E-state index contributed by atoms with van der Waals surface area (Å²) in [6, 6.07) is 13.8. The van der Waals surface area contributed by atoms with Crippen molar-refractivity contribution < 1.29 is 14.6 Å². The molecule has 1 aliphatic carbocycles. The highest BCUT2D eigenvalue weighted by Gasteiger charge is 2.42. The minimum absolute atomic E-state index is 0.0522. The Hall–Kier alpha value is -2.12. The van der Waals surface area contributed by atoms with Crippen LogP contribution in [0.5, 0.6) is 11.5 Å². The van der Waals surface area contributed by atoms with Crippen LogP contribution in [0.3, 0.4) is 0 Å². The number of amides is 1. The summed E-state index contributed by atoms with van der Waals surface area (Å²) >= 11 is 4.91. The summed E-state index contributed by atoms with van der Waals surface area (Å²) in [4.78, 5) is 16.3. The fourth-order valence-corrected chi connectivity index (χ4v) is 6.02. The maximum Gasteiger partial charge on any atom is 0.262 e. The summed E-state index contributed by atoms with van der Waals surface area (Å²) in [5.74, 6) is 0.950. The number of rotatable bonds is 5. The minimum atomic E-state index is -0.158. The molecule has 2 aromatic rings. The first-order chi connectivity index (χ1) is 15.0. The summed E-state index contributed by atoms with van der Waals surface area (Å²) in [7, 11) is 1.51. The molecule has 2 aliphatic rings. The van der Waals surface area contributed by atoms with Crippen LogP contribution in [0, 0.1) is 5.92 Å². The number of carbonyl (C=O) groups is 1. The van der Waals surface area contributed by atoms with Crippen molar-refractivity contribution >= 4 is 45.4 Å². The second kappa shape index (κ2) is 9.57. The highest BCUT2D eigenvalue weighted by Crippen LogP contribution is 2.43. The van der Waals surface area contributed by atoms with Crippen LogP contribution in [0.2, 0.25) is 0 Å². The molecule has 0 aromatic heterocycles. The van der Waals surface area contributed by atoms with E-state index in [-0.39, 0.29) is 23.2 Å². The number of nitrogens with one attached hydrogen (secondary N) is 1. The number of thioether (sulfide) groups is 1. The number of benzene rings is 2. The van der Waals surface area contributed by atoms with Crippen molar-refractivity contribution in [2.75, 3.05) is 12.4 Å². The third kappa shape index (κ3) is 4.72. The topological polar surface area (TPSA) is 61.8 Å². The number of carbonyl (C=O) groups excluding carboxylic acids is 1. The number of phenols is 1. The van der Waals surface area contributed by atoms with Crippen molar-refractivity contribution in [1.82, 2.24) is 4.90 Å². The third-order valence-electron chi connectivity index (χ3n) is 5.99. The minimum Gasteiger partial charge on any atom is -0.503 e. The molecule has 164 valence electrons. The summed E-state index contributed by atoms with van der Waals surface area (Å²) in [6.45, 7) is 2.25. The van der Waals surface area contributed by atoms with E-state index in [1.165, 1.54) is 13.5 Å². The number of phenolic OH excluding ortho intramolecular Hbond substituents is 1. The standard InChI is InChI=1S/C24H27BrN2O3S/c1-15-8-6-7-11-19(15)27-23(29)21(31-24(27)26-17-9-4-3-5-10-17)14-16-12-18(25)22(28)20(13-16)30-2/h3-5,9-10,12-15,19,24,26,28H,6-8,11H2,1-2H3/b21-14-/t15-,19-,24?/m1/s1. The Morgan fingerprint density at radius 1 is 1.23 bits per heavy atom. The molecule has 1 unspecified atom stereocenters. The average Bonchev–Trinajstić information content (AvgIpc) is 3.06. The van der Waals surface area contributed by atoms with E-state index < -0.39 is 0 Å². The molecule has 31 heavy (non-hydrogen) atoms. The molecule has 2 N–H and O–H groups in total. The van der Waals surface area contributed by atoms with Crippen LogP contribution in [0.1, 0.15) is 38.2 Å². The second-order valence-electron chi connectivity index (χ2n) is 8.08. The van der Waals surface area contributed by atoms with Crippen molar-refractivity contribution in [3.8, 4) is 11.5 Å². The first-order valence-corrected chi connectivity index (χ1v) is 12.2. The van der Waals surface area contributed by atoms with Gasteiger partial charge in [-0.3, -0.25) is 4.79 Å². The van der Waals surface area contributed by atoms with Crippen molar-refractivity contribution in [2.45, 2.75) is 44.1 Å². The number of para-hydroxylation sites is 1. The Balaban J connectivity index is 1.67. The highest BCUT2D eigenvalue weighted by atomic mass is 79.9. The van der Waals surface area contributed by atoms with Crippen LogP contribution in [0.25, 0.3) is 6.08 Å². The number of methoxy groups -OCH3 is 1. The monoisotopic (exact) mass is 502 g/mol. The first-order valence-electron chi connectivity index (χ1n) is 10.6. The van der Waals surface area contributed by atoms with Crippen molar-refractivity contribution in [3.05, 3.63) is 57.4 Å². The summed E-state index contributed by atoms with van der Waals surface area (Å²) in [6.07, 6.45) is 6.45. The summed E-state index contributed by atoms with van der Waals surface area (Å²) in [5.41, 5.74) is 1.64. The predicted octanol–water partition coefficient (Wildman–Crippen LogP) is 6.05. The lowest BCUT2D eigenvalue weighted by Crippen LogP contribution is -2.48. The number of halogens is 1. The zero-order valence-corrected chi connectivity index (χ0v) is 20.1. The van der Waals surface area contributed by atoms with Gasteiger partial charge in [0.1, 0.15) is 0 Å². The molecule has 1 heterocycles. The van der Waals surface area contributed by atoms with Gasteiger partial charge in [0.2, 0.25) is 0 Å². The molecule has 1 saturated heterocycles. The smallest absolute Gasteiger partial charge is 0.262 e. The van der Waals surface area contributed by atoms with Crippen LogP contribution in [0.4, 0.5) is 5.69 Å². The van der Waals surface area contributed by atoms with Gasteiger partial charge in [-0.1, -0.05) is 49.7 Å². The Morgan fingerprint density at radius 2 is 1.97 bits per heavy atom. The van der Waals surface area contributed by atoms with E-state index in [1.807, 2.05) is 41.3 Å². The van der Waals surface area contributed by atoms with E-state index in [0.717, 1.165) is 30.5 Å². The third-order valence-corrected chi connectivity index (χ3v) is 7.71. The van der Waals surface area contributed by atoms with Crippen molar-refractivity contribution in [3.63, 3.8) is 0 Å². The molecule has 1 amide bonds. The number of anilines is 1. The van der Waals surface area contributed by atoms with Crippen molar-refractivity contribution in [2.24, 2.45) is 5.92 Å². The number of nitrogens with zero attached hydrogens (tertiary/aromatic N) is 1. The van der Waals surface area contributed by atoms with Gasteiger partial charge in [0.05, 0.1) is 16.5 Å². The van der Waals surface area contributed by atoms with Gasteiger partial charge in [-0.05, 0) is 70.6 Å². The van der Waals surface area contributed by atoms with Gasteiger partial charge in [0, 0.05) is 11.7 Å². The van der Waals surface area contributed by atoms with Crippen LogP contribution >= 0.6 is 27.7 Å². The van der Waals surface area contributed by atoms with Crippen molar-refractivity contribution in [1.29, 1.82) is 0 Å². The largest absolute Gasteiger partial charge is 0.503 e. The van der Waals surface area contributed by atoms with E-state index in [9.17, 15) is 9.90 Å². The Morgan fingerprint density at radius 3 is 2.68 bits per heavy atom. The van der Waals surface area contributed by atoms with Gasteiger partial charge in [-0.15, -0.1) is 0 Å². The number of hydrogen-bond acceptors (Lipinski definition) is 5. The van der Waals surface area contributed by atoms with E-state index in [0.29, 0.717) is 21.0 Å². The molecular weight excluding hydrogens is 476 g/mol. The van der Waals surface area contributed by atoms with E-state index in [1.54, 1.807) is 23.9 Å². The SMILES string of the molecule is COc1cc(/C=C2\SC(Nc3ccccc3)N([C@@H]3CCCC[C@H]3C)C2=O)cc(Br)c1O. The molecule has 1 saturated carbocycles. The molecule has 7 heteroatoms. The van der Waals surface area contributed by atoms with Crippen LogP contribution < -0.4 is 10.1 Å². The van der Waals surface area contributed by atoms with Gasteiger partial charge in [-0.2, -0.15) is 0 Å². The second-order valence-corrected chi connectivity index (χ2v) is 10.1. The molecule has 0 bridgehead atoms. The van der Waals surface area contributed by atoms with Crippen LogP contribution in [-0.2, 0) is 4.79 Å². The fraction of sp³-hybridized carbons (Fsp3) is 0.375. The highest BCUT2D eigenvalue weighted by molar-refractivity contribution is 9.10. The molecule has 4 rings (SSSR count). The number of aromatic hydroxyl groups is 1. The lowest BCUT2D eigenvalue weighted by Gasteiger charge is -2.39. The van der Waals surface area contributed by atoms with E-state index >= 15 is 0 Å². The van der Waals surface area contributed by atoms with E-state index in [4.69, 9.17) is 4.74 Å². The molecule has 3 atom stereocenters. The zero-order valence-electron chi connectivity index (χ0n) is 17.7. The molecule has 1 aliphatic heterocycles. The lowest BCUT2D eigenvalue weighted by atomic mass is 9.85. The van der Waals surface area contributed by atoms with Gasteiger partial charge < -0.3 is 20.1 Å². The molecule has 2 aromatic carbocycles. The Bertz CT molecular complexity index is 982. The predicted molar refractivity (Wildman–Crippen MR) is 130 cm³/mol. The quantitative estimate of drug-likeness (QED) is 0.487. The first kappa shape index (κ1) is 22.1. The maximum absolute atomic E-state index is 13.6. The van der Waals surface area contributed by atoms with Crippen LogP contribution in [-0.4, -0.2) is 34.6 Å². The van der Waals surface area contributed by atoms with Crippen LogP contribution in [0.15, 0.2) is 51.8 Å². The molecule has 0 radical (unpaired) electrons. The molecule has 5 nitrogen and oxygen atoms in total. The van der Waals surface area contributed by atoms with Gasteiger partial charge in [-0.25, -0.2) is 0 Å². The number of hydrogen-bond donors (Lipinski definition) is 2. The zero-order chi connectivity index (χ0) is 22.0. The molecule has 0 spiro atoms. The maximum atomic E-state index is 13.6. The van der Waals surface area contributed by atoms with Gasteiger partial charge in [0.15, 0.2) is 17.0 Å². The normalized spacial score (nSPS) is 25.1. The van der Waals surface area contributed by atoms with Gasteiger partial charge in [0.25, 0.3) is 5.91 Å². The lowest BCUT2D eigenvalue weighted by molar-refractivity contribution is -0.129. The fourth-order valence-electron chi connectivity index (χ4n) is 4.35. The average molecular weight is 503 g/mol. The van der Waals surface area contributed by atoms with E-state index in [2.05, 4.69) is 28.2 Å². The molecule has 2 fully saturated rings. The summed E-state index contributed by atoms with van der Waals surface area (Å²) in [5, 5.41) is 13.7. The number of ether oxygens (including phenoxy) is 1. The van der Waals surface area contributed by atoms with Gasteiger partial charge >= 0.3 is 0 Å². The Kier molecular flexibility index (Phi) is 6.82. The molecular formula is C24H27BrN2O3S. The summed E-state index contributed by atoms with van der Waals surface area (Å²) < 4.78 is 5.80. The Labute approximate surface area is 196 Å².